The molecule has 7 nitrogen and oxygen atoms in total. The van der Waals surface area contributed by atoms with Crippen molar-refractivity contribution >= 4 is 51.1 Å². The van der Waals surface area contributed by atoms with Crippen LogP contribution in [0.3, 0.4) is 0 Å². The van der Waals surface area contributed by atoms with Gasteiger partial charge in [0, 0.05) is 33.3 Å². The lowest BCUT2D eigenvalue weighted by Crippen LogP contribution is -2.27. The number of nitro groups is 1. The molecule has 1 heterocycles. The summed E-state index contributed by atoms with van der Waals surface area (Å²) in [5.41, 5.74) is 2.37. The van der Waals surface area contributed by atoms with Crippen molar-refractivity contribution in [2.75, 3.05) is 10.6 Å². The molecule has 0 aliphatic heterocycles. The molecule has 1 unspecified atom stereocenters. The van der Waals surface area contributed by atoms with E-state index in [9.17, 15) is 19.7 Å². The van der Waals surface area contributed by atoms with Crippen molar-refractivity contribution in [2.45, 2.75) is 40.0 Å². The molecule has 0 fully saturated rings. The molecule has 2 N–H and O–H groups in total. The lowest BCUT2D eigenvalue weighted by Gasteiger charge is -2.33. The Bertz CT molecular complexity index is 1280. The zero-order chi connectivity index (χ0) is 25.3. The van der Waals surface area contributed by atoms with Crippen molar-refractivity contribution in [2.24, 2.45) is 11.3 Å². The lowest BCUT2D eigenvalue weighted by molar-refractivity contribution is -0.384. The molecule has 35 heavy (non-hydrogen) atoms. The highest BCUT2D eigenvalue weighted by molar-refractivity contribution is 7.17. The first kappa shape index (κ1) is 24.9. The summed E-state index contributed by atoms with van der Waals surface area (Å²) in [6, 6.07) is 12.2. The van der Waals surface area contributed by atoms with Crippen LogP contribution in [0.5, 0.6) is 0 Å². The first-order valence-electron chi connectivity index (χ1n) is 11.3. The minimum absolute atomic E-state index is 0.0932. The van der Waals surface area contributed by atoms with Crippen molar-refractivity contribution in [1.82, 2.24) is 0 Å². The first-order chi connectivity index (χ1) is 16.5. The van der Waals surface area contributed by atoms with E-state index < -0.39 is 10.8 Å². The Labute approximate surface area is 212 Å². The molecule has 2 amide bonds. The first-order valence-corrected chi connectivity index (χ1v) is 12.5. The quantitative estimate of drug-likeness (QED) is 0.285. The van der Waals surface area contributed by atoms with Gasteiger partial charge < -0.3 is 10.6 Å². The van der Waals surface area contributed by atoms with Crippen LogP contribution >= 0.6 is 22.9 Å². The highest BCUT2D eigenvalue weighted by Crippen LogP contribution is 2.44. The Balaban J connectivity index is 1.66. The van der Waals surface area contributed by atoms with Crippen LogP contribution in [0, 0.1) is 21.4 Å². The molecular formula is C26H26ClN3O4S. The van der Waals surface area contributed by atoms with Gasteiger partial charge in [0.1, 0.15) is 5.00 Å². The van der Waals surface area contributed by atoms with Crippen molar-refractivity contribution in [3.05, 3.63) is 85.2 Å². The van der Waals surface area contributed by atoms with Crippen molar-refractivity contribution in [1.29, 1.82) is 0 Å². The predicted molar refractivity (Wildman–Crippen MR) is 140 cm³/mol. The Morgan fingerprint density at radius 1 is 1.03 bits per heavy atom. The highest BCUT2D eigenvalue weighted by Gasteiger charge is 2.34. The fraction of sp³-hybridized carbons (Fsp3) is 0.308. The molecule has 0 saturated carbocycles. The third-order valence-corrected chi connectivity index (χ3v) is 7.81. The number of fused-ring (bicyclic) bond motifs is 1. The largest absolute Gasteiger partial charge is 0.322 e. The topological polar surface area (TPSA) is 101 Å². The summed E-state index contributed by atoms with van der Waals surface area (Å²) in [5.74, 6) is -0.247. The Morgan fingerprint density at radius 3 is 2.29 bits per heavy atom. The van der Waals surface area contributed by atoms with Crippen molar-refractivity contribution in [3.63, 3.8) is 0 Å². The summed E-state index contributed by atoms with van der Waals surface area (Å²) in [5, 5.41) is 17.8. The van der Waals surface area contributed by atoms with Crippen LogP contribution in [0.2, 0.25) is 5.02 Å². The number of hydrogen-bond donors (Lipinski definition) is 2. The van der Waals surface area contributed by atoms with Gasteiger partial charge in [-0.3, -0.25) is 19.7 Å². The second kappa shape index (κ2) is 9.79. The van der Waals surface area contributed by atoms with Gasteiger partial charge in [0.15, 0.2) is 0 Å². The molecule has 0 radical (unpaired) electrons. The zero-order valence-corrected chi connectivity index (χ0v) is 21.3. The molecule has 9 heteroatoms. The average molecular weight is 512 g/mol. The summed E-state index contributed by atoms with van der Waals surface area (Å²) in [4.78, 5) is 37.9. The van der Waals surface area contributed by atoms with E-state index in [1.54, 1.807) is 24.3 Å². The number of halogens is 1. The summed E-state index contributed by atoms with van der Waals surface area (Å²) < 4.78 is 0. The summed E-state index contributed by atoms with van der Waals surface area (Å²) in [7, 11) is 0. The summed E-state index contributed by atoms with van der Waals surface area (Å²) >= 11 is 7.40. The summed E-state index contributed by atoms with van der Waals surface area (Å²) in [6.45, 7) is 6.67. The molecule has 3 aromatic rings. The van der Waals surface area contributed by atoms with Crippen molar-refractivity contribution < 1.29 is 14.5 Å². The number of nitrogens with zero attached hydrogens (tertiary/aromatic N) is 1. The van der Waals surface area contributed by atoms with Gasteiger partial charge in [-0.05, 0) is 72.6 Å². The van der Waals surface area contributed by atoms with Gasteiger partial charge in [-0.2, -0.15) is 0 Å². The smallest absolute Gasteiger partial charge is 0.269 e. The van der Waals surface area contributed by atoms with Gasteiger partial charge >= 0.3 is 0 Å². The number of nitro benzene ring substituents is 1. The number of non-ortho nitro benzene ring substituents is 1. The number of rotatable bonds is 5. The second-order valence-electron chi connectivity index (χ2n) is 9.73. The zero-order valence-electron chi connectivity index (χ0n) is 19.7. The van der Waals surface area contributed by atoms with E-state index in [1.165, 1.54) is 35.6 Å². The number of carbonyl (C=O) groups excluding carboxylic acids is 2. The number of nitrogens with one attached hydrogen (secondary N) is 2. The normalized spacial score (nSPS) is 15.3. The van der Waals surface area contributed by atoms with Crippen LogP contribution in [0.25, 0.3) is 0 Å². The summed E-state index contributed by atoms with van der Waals surface area (Å²) in [6.07, 6.45) is 2.56. The van der Waals surface area contributed by atoms with Gasteiger partial charge in [-0.1, -0.05) is 32.4 Å². The van der Waals surface area contributed by atoms with E-state index >= 15 is 0 Å². The molecule has 182 valence electrons. The van der Waals surface area contributed by atoms with Crippen LogP contribution in [0.4, 0.5) is 16.4 Å². The molecule has 1 atom stereocenters. The fourth-order valence-corrected chi connectivity index (χ4v) is 5.74. The number of benzene rings is 2. The van der Waals surface area contributed by atoms with E-state index in [4.69, 9.17) is 11.6 Å². The molecule has 4 rings (SSSR count). The maximum absolute atomic E-state index is 13.4. The molecular weight excluding hydrogens is 486 g/mol. The van der Waals surface area contributed by atoms with Crippen LogP contribution in [0.1, 0.15) is 58.3 Å². The van der Waals surface area contributed by atoms with Crippen LogP contribution < -0.4 is 10.6 Å². The third kappa shape index (κ3) is 5.55. The van der Waals surface area contributed by atoms with Crippen molar-refractivity contribution in [3.8, 4) is 0 Å². The maximum atomic E-state index is 13.4. The Hall–Kier alpha value is -3.23. The number of hydrogen-bond acceptors (Lipinski definition) is 5. The average Bonchev–Trinajstić information content (AvgIpc) is 3.17. The Morgan fingerprint density at radius 2 is 1.69 bits per heavy atom. The second-order valence-corrected chi connectivity index (χ2v) is 11.3. The van der Waals surface area contributed by atoms with Crippen LogP contribution in [-0.4, -0.2) is 16.7 Å². The molecule has 2 aromatic carbocycles. The third-order valence-electron chi connectivity index (χ3n) is 6.39. The molecule has 1 aliphatic carbocycles. The number of amides is 2. The van der Waals surface area contributed by atoms with Gasteiger partial charge in [0.2, 0.25) is 0 Å². The van der Waals surface area contributed by atoms with E-state index in [0.29, 0.717) is 27.2 Å². The Kier molecular flexibility index (Phi) is 6.96. The van der Waals surface area contributed by atoms with Gasteiger partial charge in [0.25, 0.3) is 17.5 Å². The molecule has 0 saturated heterocycles. The van der Waals surface area contributed by atoms with Gasteiger partial charge in [-0.15, -0.1) is 11.3 Å². The monoisotopic (exact) mass is 511 g/mol. The predicted octanol–water partition coefficient (Wildman–Crippen LogP) is 6.97. The number of thiophene rings is 1. The molecule has 1 aliphatic rings. The van der Waals surface area contributed by atoms with Crippen LogP contribution in [0.15, 0.2) is 48.5 Å². The SMILES string of the molecule is CC(C)(C)C1CCc2c(sc(NC(=O)c3ccc([N+](=O)[O-])cc3)c2C(=O)Nc2ccc(Cl)cc2)C1. The minimum Gasteiger partial charge on any atom is -0.322 e. The van der Waals surface area contributed by atoms with Gasteiger partial charge in [-0.25, -0.2) is 0 Å². The standard InChI is InChI=1S/C26H26ClN3O4S/c1-26(2,3)16-6-13-20-21(14-16)35-25(22(20)24(32)28-18-9-7-17(27)8-10-18)29-23(31)15-4-11-19(12-5-15)30(33)34/h4-5,7-12,16H,6,13-14H2,1-3H3,(H,28,32)(H,29,31). The fourth-order valence-electron chi connectivity index (χ4n) is 4.29. The van der Waals surface area contributed by atoms with E-state index in [0.717, 1.165) is 29.7 Å². The molecule has 0 spiro atoms. The highest BCUT2D eigenvalue weighted by atomic mass is 35.5. The lowest BCUT2D eigenvalue weighted by atomic mass is 9.72. The number of carbonyl (C=O) groups is 2. The molecule has 0 bridgehead atoms. The van der Waals surface area contributed by atoms with E-state index in [1.807, 2.05) is 0 Å². The molecule has 1 aromatic heterocycles. The van der Waals surface area contributed by atoms with E-state index in [2.05, 4.69) is 31.4 Å². The number of anilines is 2. The maximum Gasteiger partial charge on any atom is 0.269 e. The minimum atomic E-state index is -0.514. The van der Waals surface area contributed by atoms with Crippen LogP contribution in [-0.2, 0) is 12.8 Å². The van der Waals surface area contributed by atoms with E-state index in [-0.39, 0.29) is 22.6 Å². The van der Waals surface area contributed by atoms with Gasteiger partial charge in [0.05, 0.1) is 10.5 Å².